The minimum atomic E-state index is 0.642. The van der Waals surface area contributed by atoms with Gasteiger partial charge in [0.2, 0.25) is 0 Å². The number of hydrogen-bond acceptors (Lipinski definition) is 2. The van der Waals surface area contributed by atoms with Gasteiger partial charge in [-0.1, -0.05) is 35.9 Å². The molecule has 0 fully saturated rings. The number of hydrogen-bond donors (Lipinski definition) is 1. The zero-order chi connectivity index (χ0) is 13.9. The molecule has 0 spiro atoms. The summed E-state index contributed by atoms with van der Waals surface area (Å²) in [6, 6.07) is 14.7. The first-order valence-corrected chi connectivity index (χ1v) is 6.98. The number of rotatable bonds is 4. The normalized spacial score (nSPS) is 11.1. The highest BCUT2D eigenvalue weighted by Crippen LogP contribution is 2.17. The lowest BCUT2D eigenvalue weighted by atomic mass is 10.1. The quantitative estimate of drug-likeness (QED) is 0.788. The van der Waals surface area contributed by atoms with E-state index >= 15 is 0 Å². The maximum atomic E-state index is 5.76. The molecule has 2 N–H and O–H groups in total. The van der Waals surface area contributed by atoms with Crippen molar-refractivity contribution < 1.29 is 0 Å². The Morgan fingerprint density at radius 2 is 2.05 bits per heavy atom. The lowest BCUT2D eigenvalue weighted by molar-refractivity contribution is 0.882. The van der Waals surface area contributed by atoms with E-state index in [1.165, 1.54) is 16.8 Å². The van der Waals surface area contributed by atoms with Crippen molar-refractivity contribution in [1.82, 2.24) is 9.38 Å². The maximum Gasteiger partial charge on any atom is 0.137 e. The minimum Gasteiger partial charge on any atom is -0.330 e. The third-order valence-electron chi connectivity index (χ3n) is 3.55. The third-order valence-corrected chi connectivity index (χ3v) is 3.55. The molecule has 0 bridgehead atoms. The Labute approximate surface area is 119 Å². The molecule has 3 aromatic rings. The molecule has 0 aliphatic rings. The Morgan fingerprint density at radius 1 is 1.15 bits per heavy atom. The SMILES string of the molecule is Cc1cccc(Cc2nc3ccccn3c2CCN)c1. The van der Waals surface area contributed by atoms with Gasteiger partial charge < -0.3 is 10.1 Å². The summed E-state index contributed by atoms with van der Waals surface area (Å²) in [7, 11) is 0. The molecule has 0 radical (unpaired) electrons. The summed E-state index contributed by atoms with van der Waals surface area (Å²) in [5.41, 5.74) is 11.7. The average Bonchev–Trinajstić information content (AvgIpc) is 2.77. The number of imidazole rings is 1. The first-order chi connectivity index (χ1) is 9.78. The van der Waals surface area contributed by atoms with Gasteiger partial charge in [-0.25, -0.2) is 4.98 Å². The smallest absolute Gasteiger partial charge is 0.137 e. The van der Waals surface area contributed by atoms with Crippen LogP contribution in [0, 0.1) is 6.92 Å². The minimum absolute atomic E-state index is 0.642. The van der Waals surface area contributed by atoms with Crippen LogP contribution >= 0.6 is 0 Å². The van der Waals surface area contributed by atoms with E-state index in [-0.39, 0.29) is 0 Å². The molecule has 0 saturated carbocycles. The van der Waals surface area contributed by atoms with E-state index in [1.54, 1.807) is 0 Å². The van der Waals surface area contributed by atoms with Crippen LogP contribution in [-0.4, -0.2) is 15.9 Å². The van der Waals surface area contributed by atoms with Crippen LogP contribution in [0.3, 0.4) is 0 Å². The summed E-state index contributed by atoms with van der Waals surface area (Å²) >= 11 is 0. The molecular formula is C17H19N3. The van der Waals surface area contributed by atoms with Gasteiger partial charge in [0.25, 0.3) is 0 Å². The monoisotopic (exact) mass is 265 g/mol. The molecule has 3 heteroatoms. The van der Waals surface area contributed by atoms with E-state index in [9.17, 15) is 0 Å². The van der Waals surface area contributed by atoms with Crippen LogP contribution in [-0.2, 0) is 12.8 Å². The van der Waals surface area contributed by atoms with Gasteiger partial charge in [-0.05, 0) is 31.2 Å². The number of nitrogens with two attached hydrogens (primary N) is 1. The number of fused-ring (bicyclic) bond motifs is 1. The Hall–Kier alpha value is -2.13. The van der Waals surface area contributed by atoms with Crippen LogP contribution in [0.1, 0.15) is 22.5 Å². The predicted molar refractivity (Wildman–Crippen MR) is 81.9 cm³/mol. The maximum absolute atomic E-state index is 5.76. The van der Waals surface area contributed by atoms with Crippen molar-refractivity contribution in [2.24, 2.45) is 5.73 Å². The van der Waals surface area contributed by atoms with Crippen molar-refractivity contribution in [1.29, 1.82) is 0 Å². The van der Waals surface area contributed by atoms with Gasteiger partial charge >= 0.3 is 0 Å². The van der Waals surface area contributed by atoms with Gasteiger partial charge in [0, 0.05) is 24.7 Å². The van der Waals surface area contributed by atoms with Crippen molar-refractivity contribution in [2.45, 2.75) is 19.8 Å². The second kappa shape index (κ2) is 5.47. The Balaban J connectivity index is 2.04. The fourth-order valence-electron chi connectivity index (χ4n) is 2.65. The fourth-order valence-corrected chi connectivity index (χ4v) is 2.65. The van der Waals surface area contributed by atoms with E-state index in [1.807, 2.05) is 18.2 Å². The van der Waals surface area contributed by atoms with Gasteiger partial charge in [0.1, 0.15) is 5.65 Å². The molecule has 3 nitrogen and oxygen atoms in total. The van der Waals surface area contributed by atoms with Gasteiger partial charge in [-0.2, -0.15) is 0 Å². The van der Waals surface area contributed by atoms with Crippen LogP contribution < -0.4 is 5.73 Å². The zero-order valence-corrected chi connectivity index (χ0v) is 11.7. The molecule has 1 aromatic carbocycles. The Morgan fingerprint density at radius 3 is 2.85 bits per heavy atom. The highest BCUT2D eigenvalue weighted by molar-refractivity contribution is 5.44. The first-order valence-electron chi connectivity index (χ1n) is 6.98. The largest absolute Gasteiger partial charge is 0.330 e. The second-order valence-electron chi connectivity index (χ2n) is 5.14. The summed E-state index contributed by atoms with van der Waals surface area (Å²) in [4.78, 5) is 4.76. The molecule has 0 unspecified atom stereocenters. The van der Waals surface area contributed by atoms with Crippen LogP contribution in [0.15, 0.2) is 48.7 Å². The van der Waals surface area contributed by atoms with Gasteiger partial charge in [-0.3, -0.25) is 0 Å². The number of benzene rings is 1. The van der Waals surface area contributed by atoms with E-state index in [0.717, 1.165) is 24.2 Å². The van der Waals surface area contributed by atoms with E-state index in [2.05, 4.69) is 41.8 Å². The van der Waals surface area contributed by atoms with E-state index < -0.39 is 0 Å². The van der Waals surface area contributed by atoms with Crippen molar-refractivity contribution in [3.8, 4) is 0 Å². The molecule has 0 aliphatic carbocycles. The summed E-state index contributed by atoms with van der Waals surface area (Å²) in [6.07, 6.45) is 3.78. The summed E-state index contributed by atoms with van der Waals surface area (Å²) in [6.45, 7) is 2.76. The van der Waals surface area contributed by atoms with Gasteiger partial charge in [-0.15, -0.1) is 0 Å². The Kier molecular flexibility index (Phi) is 3.52. The molecule has 20 heavy (non-hydrogen) atoms. The Bertz CT molecular complexity index is 728. The summed E-state index contributed by atoms with van der Waals surface area (Å²) in [5, 5.41) is 0. The molecule has 3 rings (SSSR count). The van der Waals surface area contributed by atoms with Crippen LogP contribution in [0.2, 0.25) is 0 Å². The van der Waals surface area contributed by atoms with E-state index in [0.29, 0.717) is 6.54 Å². The highest BCUT2D eigenvalue weighted by Gasteiger charge is 2.11. The molecule has 0 atom stereocenters. The second-order valence-corrected chi connectivity index (χ2v) is 5.14. The third kappa shape index (κ3) is 2.45. The highest BCUT2D eigenvalue weighted by atomic mass is 15.0. The van der Waals surface area contributed by atoms with Crippen LogP contribution in [0.25, 0.3) is 5.65 Å². The molecule has 102 valence electrons. The fraction of sp³-hybridized carbons (Fsp3) is 0.235. The average molecular weight is 265 g/mol. The first kappa shape index (κ1) is 12.9. The standard InChI is InChI=1S/C17H19N3/c1-13-5-4-6-14(11-13)12-15-16(8-9-18)20-10-3-2-7-17(20)19-15/h2-7,10-11H,8-9,12,18H2,1H3. The molecule has 2 aromatic heterocycles. The summed E-state index contributed by atoms with van der Waals surface area (Å²) in [5.74, 6) is 0. The van der Waals surface area contributed by atoms with Crippen molar-refractivity contribution in [3.05, 3.63) is 71.2 Å². The van der Waals surface area contributed by atoms with Crippen LogP contribution in [0.4, 0.5) is 0 Å². The zero-order valence-electron chi connectivity index (χ0n) is 11.7. The number of aryl methyl sites for hydroxylation is 1. The van der Waals surface area contributed by atoms with E-state index in [4.69, 9.17) is 10.7 Å². The summed E-state index contributed by atoms with van der Waals surface area (Å²) < 4.78 is 2.15. The lowest BCUT2D eigenvalue weighted by Crippen LogP contribution is -2.07. The van der Waals surface area contributed by atoms with Crippen molar-refractivity contribution >= 4 is 5.65 Å². The predicted octanol–water partition coefficient (Wildman–Crippen LogP) is 2.73. The number of nitrogens with zero attached hydrogens (tertiary/aromatic N) is 2. The molecule has 0 saturated heterocycles. The number of pyridine rings is 1. The van der Waals surface area contributed by atoms with Crippen molar-refractivity contribution in [3.63, 3.8) is 0 Å². The van der Waals surface area contributed by atoms with Gasteiger partial charge in [0.05, 0.1) is 5.69 Å². The molecule has 2 heterocycles. The van der Waals surface area contributed by atoms with Crippen molar-refractivity contribution in [2.75, 3.05) is 6.54 Å². The topological polar surface area (TPSA) is 43.3 Å². The molecule has 0 amide bonds. The molecular weight excluding hydrogens is 246 g/mol. The van der Waals surface area contributed by atoms with Gasteiger partial charge in [0.15, 0.2) is 0 Å². The lowest BCUT2D eigenvalue weighted by Gasteiger charge is -2.04. The number of aromatic nitrogens is 2. The van der Waals surface area contributed by atoms with Crippen LogP contribution in [0.5, 0.6) is 0 Å². The molecule has 0 aliphatic heterocycles.